The molecule has 2 N–H and O–H groups in total. The number of aromatic nitrogens is 2. The molecule has 6 nitrogen and oxygen atoms in total. The molecule has 0 bridgehead atoms. The van der Waals surface area contributed by atoms with Crippen LogP contribution in [0.3, 0.4) is 0 Å². The number of nitrogens with one attached hydrogen (secondary N) is 1. The first-order valence-corrected chi connectivity index (χ1v) is 9.30. The van der Waals surface area contributed by atoms with Crippen LogP contribution in [0.1, 0.15) is 55.9 Å². The molecule has 158 valence electrons. The van der Waals surface area contributed by atoms with Gasteiger partial charge in [0.05, 0.1) is 24.3 Å². The number of aliphatic hydroxyl groups excluding tert-OH is 1. The maximum absolute atomic E-state index is 13.2. The minimum atomic E-state index is -4.44. The van der Waals surface area contributed by atoms with Gasteiger partial charge >= 0.3 is 12.3 Å². The lowest BCUT2D eigenvalue weighted by Gasteiger charge is -2.27. The van der Waals surface area contributed by atoms with Crippen LogP contribution >= 0.6 is 0 Å². The van der Waals surface area contributed by atoms with Crippen molar-refractivity contribution in [1.82, 2.24) is 14.9 Å². The number of hydrogen-bond acceptors (Lipinski definition) is 4. The van der Waals surface area contributed by atoms with Crippen molar-refractivity contribution in [3.8, 4) is 0 Å². The molecule has 0 radical (unpaired) electrons. The van der Waals surface area contributed by atoms with Crippen molar-refractivity contribution in [1.29, 1.82) is 0 Å². The van der Waals surface area contributed by atoms with Crippen LogP contribution in [0.4, 0.5) is 18.0 Å². The van der Waals surface area contributed by atoms with Crippen LogP contribution in [0, 0.1) is 0 Å². The van der Waals surface area contributed by atoms with E-state index in [1.807, 2.05) is 0 Å². The van der Waals surface area contributed by atoms with Gasteiger partial charge in [-0.25, -0.2) is 9.78 Å². The van der Waals surface area contributed by atoms with Crippen molar-refractivity contribution in [2.75, 3.05) is 6.54 Å². The van der Waals surface area contributed by atoms with Crippen LogP contribution in [-0.2, 0) is 17.3 Å². The number of carbonyl (C=O) groups excluding carboxylic acids is 1. The van der Waals surface area contributed by atoms with Gasteiger partial charge in [-0.05, 0) is 32.4 Å². The van der Waals surface area contributed by atoms with Gasteiger partial charge in [-0.1, -0.05) is 18.2 Å². The number of H-pyrrole nitrogens is 1. The molecule has 3 rings (SSSR count). The van der Waals surface area contributed by atoms with Crippen LogP contribution in [-0.4, -0.2) is 44.3 Å². The number of amides is 1. The van der Waals surface area contributed by atoms with E-state index in [4.69, 9.17) is 4.74 Å². The van der Waals surface area contributed by atoms with Crippen LogP contribution < -0.4 is 0 Å². The van der Waals surface area contributed by atoms with E-state index in [0.717, 1.165) is 6.07 Å². The molecule has 1 aromatic heterocycles. The maximum atomic E-state index is 13.2. The summed E-state index contributed by atoms with van der Waals surface area (Å²) in [7, 11) is 0. The second kappa shape index (κ2) is 7.70. The predicted octanol–water partition coefficient (Wildman–Crippen LogP) is 4.06. The summed E-state index contributed by atoms with van der Waals surface area (Å²) in [6, 6.07) is 4.84. The highest BCUT2D eigenvalue weighted by Crippen LogP contribution is 2.34. The molecule has 1 aromatic carbocycles. The molecular formula is C20H24F3N3O3. The van der Waals surface area contributed by atoms with E-state index in [1.165, 1.54) is 23.2 Å². The minimum absolute atomic E-state index is 0.0182. The number of imidazole rings is 1. The number of carbonyl (C=O) groups is 1. The second-order valence-corrected chi connectivity index (χ2v) is 8.16. The number of alkyl halides is 3. The molecule has 1 saturated heterocycles. The summed E-state index contributed by atoms with van der Waals surface area (Å²) in [5.74, 6) is 0.409. The van der Waals surface area contributed by atoms with E-state index < -0.39 is 35.6 Å². The Hall–Kier alpha value is -2.55. The lowest BCUT2D eigenvalue weighted by atomic mass is 10.0. The molecule has 0 unspecified atom stereocenters. The van der Waals surface area contributed by atoms with Gasteiger partial charge in [-0.3, -0.25) is 4.90 Å². The number of halogens is 3. The third kappa shape index (κ3) is 5.09. The lowest BCUT2D eigenvalue weighted by Crippen LogP contribution is -2.37. The lowest BCUT2D eigenvalue weighted by molar-refractivity contribution is -0.138. The monoisotopic (exact) mass is 411 g/mol. The van der Waals surface area contributed by atoms with Crippen LogP contribution in [0.5, 0.6) is 0 Å². The Bertz CT molecular complexity index is 874. The normalized spacial score (nSPS) is 20.2. The standard InChI is InChI=1S/C20H24F3N3O3/c1-19(2,3)29-18(28)26-11-14(27)9-16(26)17-24-10-13(25-17)8-12-6-4-5-7-15(12)20(21,22)23/h4-7,10,14,16,27H,8-9,11H2,1-3H3,(H,24,25)/t14-,16+/m1/s1. The first-order chi connectivity index (χ1) is 13.4. The number of hydrogen-bond donors (Lipinski definition) is 2. The molecule has 9 heteroatoms. The number of ether oxygens (including phenoxy) is 1. The second-order valence-electron chi connectivity index (χ2n) is 8.16. The van der Waals surface area contributed by atoms with Gasteiger partial charge < -0.3 is 14.8 Å². The number of benzene rings is 1. The molecular weight excluding hydrogens is 387 g/mol. The van der Waals surface area contributed by atoms with Gasteiger partial charge in [-0.2, -0.15) is 13.2 Å². The Morgan fingerprint density at radius 2 is 2.00 bits per heavy atom. The summed E-state index contributed by atoms with van der Waals surface area (Å²) in [5, 5.41) is 10.0. The zero-order chi connectivity index (χ0) is 21.4. The molecule has 1 aliphatic rings. The third-order valence-corrected chi connectivity index (χ3v) is 4.57. The molecule has 2 heterocycles. The topological polar surface area (TPSA) is 78.4 Å². The fraction of sp³-hybridized carbons (Fsp3) is 0.500. The van der Waals surface area contributed by atoms with Crippen molar-refractivity contribution in [3.63, 3.8) is 0 Å². The molecule has 1 amide bonds. The van der Waals surface area contributed by atoms with E-state index in [2.05, 4.69) is 9.97 Å². The highest BCUT2D eigenvalue weighted by Gasteiger charge is 2.39. The summed E-state index contributed by atoms with van der Waals surface area (Å²) < 4.78 is 45.0. The molecule has 1 aliphatic heterocycles. The van der Waals surface area contributed by atoms with Crippen LogP contribution in [0.25, 0.3) is 0 Å². The Morgan fingerprint density at radius 3 is 2.66 bits per heavy atom. The average molecular weight is 411 g/mol. The van der Waals surface area contributed by atoms with E-state index in [1.54, 1.807) is 26.8 Å². The van der Waals surface area contributed by atoms with Crippen LogP contribution in [0.15, 0.2) is 30.5 Å². The first-order valence-electron chi connectivity index (χ1n) is 9.30. The van der Waals surface area contributed by atoms with E-state index in [0.29, 0.717) is 11.5 Å². The Morgan fingerprint density at radius 1 is 1.31 bits per heavy atom. The number of aliphatic hydroxyl groups is 1. The SMILES string of the molecule is CC(C)(C)OC(=O)N1C[C@H](O)C[C@H]1c1ncc(Cc2ccccc2C(F)(F)F)[nH]1. The third-order valence-electron chi connectivity index (χ3n) is 4.57. The molecule has 0 spiro atoms. The van der Waals surface area contributed by atoms with Gasteiger partial charge in [0.1, 0.15) is 11.4 Å². The van der Waals surface area contributed by atoms with E-state index in [9.17, 15) is 23.1 Å². The summed E-state index contributed by atoms with van der Waals surface area (Å²) in [5.41, 5.74) is -0.763. The molecule has 0 saturated carbocycles. The number of aromatic amines is 1. The van der Waals surface area contributed by atoms with Gasteiger partial charge in [0.2, 0.25) is 0 Å². The van der Waals surface area contributed by atoms with Gasteiger partial charge in [-0.15, -0.1) is 0 Å². The number of rotatable bonds is 3. The van der Waals surface area contributed by atoms with Crippen molar-refractivity contribution < 1.29 is 27.8 Å². The summed E-state index contributed by atoms with van der Waals surface area (Å²) in [4.78, 5) is 21.1. The fourth-order valence-electron chi connectivity index (χ4n) is 3.39. The largest absolute Gasteiger partial charge is 0.444 e. The van der Waals surface area contributed by atoms with Gasteiger partial charge in [0, 0.05) is 24.7 Å². The minimum Gasteiger partial charge on any atom is -0.444 e. The zero-order valence-corrected chi connectivity index (χ0v) is 16.5. The highest BCUT2D eigenvalue weighted by molar-refractivity contribution is 5.69. The summed E-state index contributed by atoms with van der Waals surface area (Å²) in [6.07, 6.45) is -4.00. The van der Waals surface area contributed by atoms with Crippen LogP contribution in [0.2, 0.25) is 0 Å². The van der Waals surface area contributed by atoms with Crippen molar-refractivity contribution >= 4 is 6.09 Å². The van der Waals surface area contributed by atoms with Gasteiger partial charge in [0.25, 0.3) is 0 Å². The first kappa shape index (κ1) is 21.2. The Balaban J connectivity index is 1.80. The quantitative estimate of drug-likeness (QED) is 0.798. The van der Waals surface area contributed by atoms with E-state index >= 15 is 0 Å². The Labute approximate surface area is 166 Å². The van der Waals surface area contributed by atoms with E-state index in [-0.39, 0.29) is 24.9 Å². The zero-order valence-electron chi connectivity index (χ0n) is 16.5. The summed E-state index contributed by atoms with van der Waals surface area (Å²) in [6.45, 7) is 5.34. The van der Waals surface area contributed by atoms with Gasteiger partial charge in [0.15, 0.2) is 0 Å². The summed E-state index contributed by atoms with van der Waals surface area (Å²) >= 11 is 0. The van der Waals surface area contributed by atoms with Crippen molar-refractivity contribution in [2.24, 2.45) is 0 Å². The molecule has 2 atom stereocenters. The Kier molecular flexibility index (Phi) is 5.62. The fourth-order valence-corrected chi connectivity index (χ4v) is 3.39. The smallest absolute Gasteiger partial charge is 0.416 e. The van der Waals surface area contributed by atoms with Crippen molar-refractivity contribution in [2.45, 2.75) is 57.5 Å². The molecule has 2 aromatic rings. The predicted molar refractivity (Wildman–Crippen MR) is 99.1 cm³/mol. The average Bonchev–Trinajstić information content (AvgIpc) is 3.19. The molecule has 1 fully saturated rings. The highest BCUT2D eigenvalue weighted by atomic mass is 19.4. The molecule has 29 heavy (non-hydrogen) atoms. The maximum Gasteiger partial charge on any atom is 0.416 e. The number of likely N-dealkylation sites (tertiary alicyclic amines) is 1. The number of β-amino-alcohol motifs (C(OH)–C–C–N with tert-alkyl or cyclic N) is 1. The van der Waals surface area contributed by atoms with Crippen molar-refractivity contribution in [3.05, 3.63) is 53.1 Å². The molecule has 0 aliphatic carbocycles. The number of nitrogens with zero attached hydrogens (tertiary/aromatic N) is 2.